The highest BCUT2D eigenvalue weighted by Gasteiger charge is 2.39. The lowest BCUT2D eigenvalue weighted by Crippen LogP contribution is -2.46. The molecule has 2 aliphatic rings. The second-order valence-electron chi connectivity index (χ2n) is 7.41. The van der Waals surface area contributed by atoms with Gasteiger partial charge in [0.2, 0.25) is 0 Å². The molecule has 0 radical (unpaired) electrons. The summed E-state index contributed by atoms with van der Waals surface area (Å²) in [7, 11) is 0. The maximum absolute atomic E-state index is 6.35. The van der Waals surface area contributed by atoms with Crippen LogP contribution in [-0.4, -0.2) is 25.4 Å². The monoisotopic (exact) mass is 289 g/mol. The van der Waals surface area contributed by atoms with E-state index < -0.39 is 0 Å². The molecule has 0 spiro atoms. The first kappa shape index (κ1) is 14.9. The molecule has 116 valence electrons. The van der Waals surface area contributed by atoms with E-state index in [0.717, 1.165) is 25.2 Å². The van der Waals surface area contributed by atoms with Gasteiger partial charge in [-0.2, -0.15) is 0 Å². The number of rotatable bonds is 4. The second kappa shape index (κ2) is 5.62. The van der Waals surface area contributed by atoms with Crippen LogP contribution in [0.3, 0.4) is 0 Å². The highest BCUT2D eigenvalue weighted by atomic mass is 16.5. The Morgan fingerprint density at radius 2 is 1.90 bits per heavy atom. The van der Waals surface area contributed by atoms with E-state index in [9.17, 15) is 0 Å². The summed E-state index contributed by atoms with van der Waals surface area (Å²) >= 11 is 0. The standard InChI is InChI=1S/C18H27NO2/c1-17(2)7-9-18(13-19,10-8-17)21-12-14-11-20-16-6-4-3-5-15(14)16/h3-6,14H,7-13,19H2,1-2H3. The van der Waals surface area contributed by atoms with E-state index in [2.05, 4.69) is 26.0 Å². The van der Waals surface area contributed by atoms with Gasteiger partial charge in [0, 0.05) is 18.0 Å². The van der Waals surface area contributed by atoms with E-state index in [1.54, 1.807) is 0 Å². The number of benzene rings is 1. The quantitative estimate of drug-likeness (QED) is 0.923. The third-order valence-electron chi connectivity index (χ3n) is 5.28. The zero-order valence-corrected chi connectivity index (χ0v) is 13.2. The molecule has 1 heterocycles. The molecule has 1 aromatic carbocycles. The van der Waals surface area contributed by atoms with E-state index >= 15 is 0 Å². The van der Waals surface area contributed by atoms with Crippen LogP contribution in [-0.2, 0) is 4.74 Å². The van der Waals surface area contributed by atoms with E-state index in [4.69, 9.17) is 15.2 Å². The second-order valence-corrected chi connectivity index (χ2v) is 7.41. The normalized spacial score (nSPS) is 26.1. The van der Waals surface area contributed by atoms with Crippen molar-refractivity contribution in [2.24, 2.45) is 11.1 Å². The number of hydrogen-bond acceptors (Lipinski definition) is 3. The van der Waals surface area contributed by atoms with Crippen LogP contribution in [0.25, 0.3) is 0 Å². The molecule has 1 aliphatic heterocycles. The summed E-state index contributed by atoms with van der Waals surface area (Å²) in [5.74, 6) is 1.36. The van der Waals surface area contributed by atoms with Gasteiger partial charge in [-0.15, -0.1) is 0 Å². The molecule has 3 nitrogen and oxygen atoms in total. The van der Waals surface area contributed by atoms with Crippen molar-refractivity contribution in [3.8, 4) is 5.75 Å². The molecule has 21 heavy (non-hydrogen) atoms. The highest BCUT2D eigenvalue weighted by Crippen LogP contribution is 2.42. The van der Waals surface area contributed by atoms with E-state index in [-0.39, 0.29) is 5.60 Å². The summed E-state index contributed by atoms with van der Waals surface area (Å²) < 4.78 is 12.1. The zero-order chi connectivity index (χ0) is 14.9. The maximum atomic E-state index is 6.35. The van der Waals surface area contributed by atoms with Crippen molar-refractivity contribution in [1.29, 1.82) is 0 Å². The van der Waals surface area contributed by atoms with Crippen LogP contribution in [0.4, 0.5) is 0 Å². The summed E-state index contributed by atoms with van der Waals surface area (Å²) in [6.07, 6.45) is 4.54. The molecule has 1 unspecified atom stereocenters. The largest absolute Gasteiger partial charge is 0.493 e. The van der Waals surface area contributed by atoms with Gasteiger partial charge >= 0.3 is 0 Å². The van der Waals surface area contributed by atoms with Gasteiger partial charge in [-0.3, -0.25) is 0 Å². The fraction of sp³-hybridized carbons (Fsp3) is 0.667. The molecule has 1 aromatic rings. The van der Waals surface area contributed by atoms with Crippen LogP contribution in [0.15, 0.2) is 24.3 Å². The molecule has 0 saturated heterocycles. The number of ether oxygens (including phenoxy) is 2. The molecule has 1 aliphatic carbocycles. The average Bonchev–Trinajstić information content (AvgIpc) is 2.90. The number of para-hydroxylation sites is 1. The highest BCUT2D eigenvalue weighted by molar-refractivity contribution is 5.39. The lowest BCUT2D eigenvalue weighted by atomic mass is 9.71. The third kappa shape index (κ3) is 3.09. The van der Waals surface area contributed by atoms with Gasteiger partial charge in [-0.05, 0) is 37.2 Å². The fourth-order valence-electron chi connectivity index (χ4n) is 3.43. The van der Waals surface area contributed by atoms with Crippen molar-refractivity contribution in [2.75, 3.05) is 19.8 Å². The van der Waals surface area contributed by atoms with Crippen LogP contribution in [0.5, 0.6) is 5.75 Å². The molecule has 0 bridgehead atoms. The topological polar surface area (TPSA) is 44.5 Å². The average molecular weight is 289 g/mol. The minimum Gasteiger partial charge on any atom is -0.493 e. The Balaban J connectivity index is 1.62. The Morgan fingerprint density at radius 3 is 2.62 bits per heavy atom. The Kier molecular flexibility index (Phi) is 3.98. The number of nitrogens with two attached hydrogens (primary N) is 1. The van der Waals surface area contributed by atoms with Gasteiger partial charge in [0.05, 0.1) is 18.8 Å². The van der Waals surface area contributed by atoms with Gasteiger partial charge in [0.25, 0.3) is 0 Å². The molecule has 0 amide bonds. The Labute approximate surface area is 127 Å². The number of fused-ring (bicyclic) bond motifs is 1. The van der Waals surface area contributed by atoms with Crippen molar-refractivity contribution in [1.82, 2.24) is 0 Å². The third-order valence-corrected chi connectivity index (χ3v) is 5.28. The van der Waals surface area contributed by atoms with Crippen molar-refractivity contribution < 1.29 is 9.47 Å². The molecule has 0 aromatic heterocycles. The first-order chi connectivity index (χ1) is 10.0. The Hall–Kier alpha value is -1.06. The molecular formula is C18H27NO2. The van der Waals surface area contributed by atoms with E-state index in [0.29, 0.717) is 24.5 Å². The van der Waals surface area contributed by atoms with Crippen LogP contribution in [0.2, 0.25) is 0 Å². The Morgan fingerprint density at radius 1 is 1.19 bits per heavy atom. The van der Waals surface area contributed by atoms with Crippen LogP contribution < -0.4 is 10.5 Å². The van der Waals surface area contributed by atoms with Crippen LogP contribution in [0, 0.1) is 5.41 Å². The SMILES string of the molecule is CC1(C)CCC(CN)(OCC2COc3ccccc32)CC1. The number of hydrogen-bond donors (Lipinski definition) is 1. The van der Waals surface area contributed by atoms with Crippen LogP contribution in [0.1, 0.15) is 51.0 Å². The molecule has 1 saturated carbocycles. The van der Waals surface area contributed by atoms with E-state index in [1.807, 2.05) is 12.1 Å². The molecule has 2 N–H and O–H groups in total. The zero-order valence-electron chi connectivity index (χ0n) is 13.2. The maximum Gasteiger partial charge on any atom is 0.123 e. The minimum atomic E-state index is -0.118. The van der Waals surface area contributed by atoms with Gasteiger partial charge in [-0.1, -0.05) is 32.0 Å². The van der Waals surface area contributed by atoms with Crippen LogP contribution >= 0.6 is 0 Å². The van der Waals surface area contributed by atoms with Crippen molar-refractivity contribution in [3.63, 3.8) is 0 Å². The smallest absolute Gasteiger partial charge is 0.123 e. The molecule has 1 atom stereocenters. The molecule has 1 fully saturated rings. The summed E-state index contributed by atoms with van der Waals surface area (Å²) in [5, 5.41) is 0. The van der Waals surface area contributed by atoms with Gasteiger partial charge in [-0.25, -0.2) is 0 Å². The lowest BCUT2D eigenvalue weighted by molar-refractivity contribution is -0.0866. The van der Waals surface area contributed by atoms with Gasteiger partial charge in [0.1, 0.15) is 5.75 Å². The fourth-order valence-corrected chi connectivity index (χ4v) is 3.43. The lowest BCUT2D eigenvalue weighted by Gasteiger charge is -2.43. The summed E-state index contributed by atoms with van der Waals surface area (Å²) in [6.45, 7) is 6.75. The molecular weight excluding hydrogens is 262 g/mol. The summed E-state index contributed by atoms with van der Waals surface area (Å²) in [4.78, 5) is 0. The first-order valence-corrected chi connectivity index (χ1v) is 8.09. The Bertz CT molecular complexity index is 488. The van der Waals surface area contributed by atoms with E-state index in [1.165, 1.54) is 18.4 Å². The van der Waals surface area contributed by atoms with Crippen molar-refractivity contribution in [2.45, 2.75) is 51.0 Å². The minimum absolute atomic E-state index is 0.118. The van der Waals surface area contributed by atoms with Crippen molar-refractivity contribution in [3.05, 3.63) is 29.8 Å². The first-order valence-electron chi connectivity index (χ1n) is 8.09. The summed E-state index contributed by atoms with van der Waals surface area (Å²) in [6, 6.07) is 8.28. The molecule has 3 rings (SSSR count). The van der Waals surface area contributed by atoms with Gasteiger partial charge < -0.3 is 15.2 Å². The van der Waals surface area contributed by atoms with Crippen molar-refractivity contribution >= 4 is 0 Å². The predicted octanol–water partition coefficient (Wildman–Crippen LogP) is 3.48. The van der Waals surface area contributed by atoms with Gasteiger partial charge in [0.15, 0.2) is 0 Å². The molecule has 3 heteroatoms. The summed E-state index contributed by atoms with van der Waals surface area (Å²) in [5.41, 5.74) is 7.65. The predicted molar refractivity (Wildman–Crippen MR) is 84.7 cm³/mol.